The molecule has 0 radical (unpaired) electrons. The van der Waals surface area contributed by atoms with Crippen molar-refractivity contribution in [3.63, 3.8) is 0 Å². The number of amides is 2. The quantitative estimate of drug-likeness (QED) is 0.715. The van der Waals surface area contributed by atoms with Gasteiger partial charge in [0, 0.05) is 26.2 Å². The molecule has 23 heavy (non-hydrogen) atoms. The van der Waals surface area contributed by atoms with Gasteiger partial charge in [0.05, 0.1) is 24.4 Å². The van der Waals surface area contributed by atoms with Crippen molar-refractivity contribution in [3.05, 3.63) is 24.2 Å². The molecule has 0 unspecified atom stereocenters. The van der Waals surface area contributed by atoms with Crippen LogP contribution in [0.5, 0.6) is 0 Å². The van der Waals surface area contributed by atoms with Gasteiger partial charge in [0.1, 0.15) is 0 Å². The average Bonchev–Trinajstić information content (AvgIpc) is 3.09. The zero-order chi connectivity index (χ0) is 16.7. The molecule has 0 N–H and O–H groups in total. The SMILES string of the molecule is CCOC(=O)CSCC(=O)N1CCN(C(=O)c2ccco2)CC1. The van der Waals surface area contributed by atoms with E-state index in [2.05, 4.69) is 0 Å². The highest BCUT2D eigenvalue weighted by atomic mass is 32.2. The van der Waals surface area contributed by atoms with Crippen molar-refractivity contribution in [2.45, 2.75) is 6.92 Å². The molecule has 0 atom stereocenters. The molecule has 0 bridgehead atoms. The van der Waals surface area contributed by atoms with Crippen LogP contribution in [0.3, 0.4) is 0 Å². The number of ether oxygens (including phenoxy) is 1. The van der Waals surface area contributed by atoms with Crippen molar-refractivity contribution < 1.29 is 23.5 Å². The lowest BCUT2D eigenvalue weighted by molar-refractivity contribution is -0.139. The molecule has 7 nitrogen and oxygen atoms in total. The summed E-state index contributed by atoms with van der Waals surface area (Å²) in [5, 5.41) is 0. The summed E-state index contributed by atoms with van der Waals surface area (Å²) in [5.74, 6) is 0.249. The minimum absolute atomic E-state index is 0.0237. The van der Waals surface area contributed by atoms with Crippen LogP contribution in [-0.2, 0) is 14.3 Å². The average molecular weight is 340 g/mol. The van der Waals surface area contributed by atoms with Crippen LogP contribution in [0, 0.1) is 0 Å². The van der Waals surface area contributed by atoms with Gasteiger partial charge in [-0.2, -0.15) is 0 Å². The predicted molar refractivity (Wildman–Crippen MR) is 85.1 cm³/mol. The summed E-state index contributed by atoms with van der Waals surface area (Å²) in [6.45, 7) is 4.04. The number of hydrogen-bond donors (Lipinski definition) is 0. The zero-order valence-corrected chi connectivity index (χ0v) is 13.8. The van der Waals surface area contributed by atoms with E-state index in [0.29, 0.717) is 38.5 Å². The standard InChI is InChI=1S/C15H20N2O5S/c1-2-21-14(19)11-23-10-13(18)16-5-7-17(8-6-16)15(20)12-4-3-9-22-12/h3-4,9H,2,5-8,10-11H2,1H3. The summed E-state index contributed by atoms with van der Waals surface area (Å²) in [6.07, 6.45) is 1.47. The van der Waals surface area contributed by atoms with Crippen molar-refractivity contribution in [2.24, 2.45) is 0 Å². The molecule has 126 valence electrons. The van der Waals surface area contributed by atoms with Gasteiger partial charge in [0.2, 0.25) is 5.91 Å². The molecular formula is C15H20N2O5S. The number of carbonyl (C=O) groups is 3. The van der Waals surface area contributed by atoms with Crippen LogP contribution < -0.4 is 0 Å². The van der Waals surface area contributed by atoms with E-state index < -0.39 is 0 Å². The van der Waals surface area contributed by atoms with Gasteiger partial charge in [-0.15, -0.1) is 11.8 Å². The van der Waals surface area contributed by atoms with Gasteiger partial charge in [0.25, 0.3) is 5.91 Å². The summed E-state index contributed by atoms with van der Waals surface area (Å²) in [7, 11) is 0. The number of furan rings is 1. The van der Waals surface area contributed by atoms with Gasteiger partial charge < -0.3 is 19.0 Å². The van der Waals surface area contributed by atoms with Crippen molar-refractivity contribution in [1.82, 2.24) is 9.80 Å². The number of thioether (sulfide) groups is 1. The second-order valence-electron chi connectivity index (χ2n) is 4.95. The Hall–Kier alpha value is -1.96. The summed E-state index contributed by atoms with van der Waals surface area (Å²) in [4.78, 5) is 38.8. The monoisotopic (exact) mass is 340 g/mol. The van der Waals surface area contributed by atoms with E-state index in [9.17, 15) is 14.4 Å². The van der Waals surface area contributed by atoms with Crippen molar-refractivity contribution in [3.8, 4) is 0 Å². The van der Waals surface area contributed by atoms with E-state index in [4.69, 9.17) is 9.15 Å². The molecule has 1 aliphatic heterocycles. The summed E-state index contributed by atoms with van der Waals surface area (Å²) in [6, 6.07) is 3.31. The van der Waals surface area contributed by atoms with Gasteiger partial charge in [-0.05, 0) is 19.1 Å². The largest absolute Gasteiger partial charge is 0.465 e. The van der Waals surface area contributed by atoms with Crippen molar-refractivity contribution in [2.75, 3.05) is 44.3 Å². The van der Waals surface area contributed by atoms with Gasteiger partial charge in [-0.3, -0.25) is 14.4 Å². The van der Waals surface area contributed by atoms with Crippen LogP contribution in [0.4, 0.5) is 0 Å². The van der Waals surface area contributed by atoms with Gasteiger partial charge in [-0.25, -0.2) is 0 Å². The molecule has 2 amide bonds. The van der Waals surface area contributed by atoms with E-state index in [-0.39, 0.29) is 29.3 Å². The minimum Gasteiger partial charge on any atom is -0.465 e. The number of rotatable bonds is 6. The summed E-state index contributed by atoms with van der Waals surface area (Å²) < 4.78 is 9.91. The Balaban J connectivity index is 1.70. The molecule has 1 saturated heterocycles. The first-order valence-electron chi connectivity index (χ1n) is 7.45. The molecule has 1 aromatic heterocycles. The molecule has 1 aliphatic rings. The van der Waals surface area contributed by atoms with E-state index in [1.165, 1.54) is 18.0 Å². The first-order valence-corrected chi connectivity index (χ1v) is 8.61. The van der Waals surface area contributed by atoms with Crippen LogP contribution >= 0.6 is 11.8 Å². The Labute approximate surface area is 138 Å². The molecular weight excluding hydrogens is 320 g/mol. The maximum absolute atomic E-state index is 12.1. The van der Waals surface area contributed by atoms with Crippen LogP contribution in [0.15, 0.2) is 22.8 Å². The van der Waals surface area contributed by atoms with Crippen LogP contribution in [0.1, 0.15) is 17.5 Å². The van der Waals surface area contributed by atoms with Crippen LogP contribution in [-0.4, -0.2) is 71.9 Å². The second-order valence-corrected chi connectivity index (χ2v) is 5.93. The highest BCUT2D eigenvalue weighted by Gasteiger charge is 2.25. The fourth-order valence-corrected chi connectivity index (χ4v) is 2.94. The highest BCUT2D eigenvalue weighted by Crippen LogP contribution is 2.11. The van der Waals surface area contributed by atoms with E-state index >= 15 is 0 Å². The third-order valence-electron chi connectivity index (χ3n) is 3.40. The molecule has 0 spiro atoms. The number of hydrogen-bond acceptors (Lipinski definition) is 6. The fourth-order valence-electron chi connectivity index (χ4n) is 2.23. The van der Waals surface area contributed by atoms with E-state index in [1.807, 2.05) is 0 Å². The van der Waals surface area contributed by atoms with E-state index in [0.717, 1.165) is 0 Å². The fraction of sp³-hybridized carbons (Fsp3) is 0.533. The minimum atomic E-state index is -0.306. The Kier molecular flexibility index (Phi) is 6.52. The molecule has 2 heterocycles. The third kappa shape index (κ3) is 5.02. The Morgan fingerprint density at radius 3 is 2.48 bits per heavy atom. The number of esters is 1. The van der Waals surface area contributed by atoms with E-state index in [1.54, 1.807) is 28.9 Å². The van der Waals surface area contributed by atoms with Crippen molar-refractivity contribution in [1.29, 1.82) is 0 Å². The maximum atomic E-state index is 12.1. The molecule has 0 saturated carbocycles. The molecule has 2 rings (SSSR count). The number of piperazine rings is 1. The molecule has 0 aromatic carbocycles. The highest BCUT2D eigenvalue weighted by molar-refractivity contribution is 8.00. The van der Waals surface area contributed by atoms with Crippen LogP contribution in [0.2, 0.25) is 0 Å². The normalized spacial score (nSPS) is 14.7. The summed E-state index contributed by atoms with van der Waals surface area (Å²) >= 11 is 1.25. The second kappa shape index (κ2) is 8.61. The van der Waals surface area contributed by atoms with Crippen LogP contribution in [0.25, 0.3) is 0 Å². The molecule has 1 aromatic rings. The maximum Gasteiger partial charge on any atom is 0.315 e. The van der Waals surface area contributed by atoms with Crippen molar-refractivity contribution >= 4 is 29.5 Å². The molecule has 8 heteroatoms. The van der Waals surface area contributed by atoms with Gasteiger partial charge in [-0.1, -0.05) is 0 Å². The third-order valence-corrected chi connectivity index (χ3v) is 4.29. The number of nitrogens with zero attached hydrogens (tertiary/aromatic N) is 2. The number of carbonyl (C=O) groups excluding carboxylic acids is 3. The first kappa shape index (κ1) is 17.4. The summed E-state index contributed by atoms with van der Waals surface area (Å²) in [5.41, 5.74) is 0. The zero-order valence-electron chi connectivity index (χ0n) is 13.0. The van der Waals surface area contributed by atoms with Gasteiger partial charge >= 0.3 is 5.97 Å². The lowest BCUT2D eigenvalue weighted by Gasteiger charge is -2.34. The lowest BCUT2D eigenvalue weighted by Crippen LogP contribution is -2.51. The van der Waals surface area contributed by atoms with Gasteiger partial charge in [0.15, 0.2) is 5.76 Å². The smallest absolute Gasteiger partial charge is 0.315 e. The molecule has 0 aliphatic carbocycles. The molecule has 1 fully saturated rings. The Morgan fingerprint density at radius 2 is 1.87 bits per heavy atom. The topological polar surface area (TPSA) is 80.1 Å². The lowest BCUT2D eigenvalue weighted by atomic mass is 10.3. The predicted octanol–water partition coefficient (Wildman–Crippen LogP) is 0.860. The Morgan fingerprint density at radius 1 is 1.17 bits per heavy atom. The Bertz CT molecular complexity index is 538. The first-order chi connectivity index (χ1) is 11.1.